The molecule has 1 aliphatic heterocycles. The highest BCUT2D eigenvalue weighted by Gasteiger charge is 2.39. The van der Waals surface area contributed by atoms with Crippen molar-refractivity contribution >= 4 is 34.8 Å². The maximum Gasteiger partial charge on any atom is 0.258 e. The molecule has 0 bridgehead atoms. The van der Waals surface area contributed by atoms with Crippen molar-refractivity contribution in [2.75, 3.05) is 16.8 Å². The van der Waals surface area contributed by atoms with Crippen LogP contribution in [0.1, 0.15) is 35.7 Å². The lowest BCUT2D eigenvalue weighted by Crippen LogP contribution is -2.36. The van der Waals surface area contributed by atoms with Gasteiger partial charge in [0.25, 0.3) is 5.91 Å². The third-order valence-electron chi connectivity index (χ3n) is 5.27. The second kappa shape index (κ2) is 6.97. The molecule has 140 valence electrons. The van der Waals surface area contributed by atoms with Crippen LogP contribution in [-0.4, -0.2) is 18.4 Å². The van der Waals surface area contributed by atoms with Crippen LogP contribution in [-0.2, 0) is 11.2 Å². The number of hydrogen-bond donors (Lipinski definition) is 1. The van der Waals surface area contributed by atoms with Crippen LogP contribution in [0.5, 0.6) is 0 Å². The molecule has 2 atom stereocenters. The molecular formula is C21H20ClFN2O2. The van der Waals surface area contributed by atoms with Gasteiger partial charge in [-0.1, -0.05) is 24.6 Å². The van der Waals surface area contributed by atoms with Crippen molar-refractivity contribution in [3.05, 3.63) is 58.4 Å². The monoisotopic (exact) mass is 386 g/mol. The summed E-state index contributed by atoms with van der Waals surface area (Å²) in [5.41, 5.74) is 2.04. The quantitative estimate of drug-likeness (QED) is 0.833. The van der Waals surface area contributed by atoms with Crippen LogP contribution < -0.4 is 10.2 Å². The molecule has 6 heteroatoms. The maximum absolute atomic E-state index is 14.5. The van der Waals surface area contributed by atoms with Gasteiger partial charge in [0.05, 0.1) is 5.69 Å². The molecule has 1 heterocycles. The number of benzene rings is 2. The molecule has 4 nitrogen and oxygen atoms in total. The first-order valence-corrected chi connectivity index (χ1v) is 9.52. The first-order chi connectivity index (χ1) is 12.9. The number of hydrogen-bond acceptors (Lipinski definition) is 2. The zero-order valence-electron chi connectivity index (χ0n) is 15.0. The Labute approximate surface area is 162 Å². The Balaban J connectivity index is 1.59. The summed E-state index contributed by atoms with van der Waals surface area (Å²) in [6, 6.07) is 9.76. The highest BCUT2D eigenvalue weighted by molar-refractivity contribution is 6.30. The normalized spacial score (nSPS) is 20.8. The van der Waals surface area contributed by atoms with Crippen molar-refractivity contribution < 1.29 is 14.0 Å². The molecule has 1 fully saturated rings. The summed E-state index contributed by atoms with van der Waals surface area (Å²) in [5, 5.41) is 3.20. The summed E-state index contributed by atoms with van der Waals surface area (Å²) in [7, 11) is 0. The number of fused-ring (bicyclic) bond motifs is 1. The molecule has 1 aliphatic carbocycles. The van der Waals surface area contributed by atoms with Gasteiger partial charge in [-0.3, -0.25) is 9.59 Å². The first-order valence-electron chi connectivity index (χ1n) is 9.15. The Bertz CT molecular complexity index is 930. The number of carbonyl (C=O) groups excluding carboxylic acids is 2. The predicted octanol–water partition coefficient (Wildman–Crippen LogP) is 4.67. The van der Waals surface area contributed by atoms with Gasteiger partial charge in [-0.2, -0.15) is 0 Å². The second-order valence-corrected chi connectivity index (χ2v) is 7.78. The number of aryl methyl sites for hydroxylation is 1. The van der Waals surface area contributed by atoms with E-state index in [9.17, 15) is 14.0 Å². The van der Waals surface area contributed by atoms with Crippen LogP contribution in [0.2, 0.25) is 5.02 Å². The molecule has 2 unspecified atom stereocenters. The van der Waals surface area contributed by atoms with E-state index >= 15 is 0 Å². The van der Waals surface area contributed by atoms with Crippen LogP contribution in [0.3, 0.4) is 0 Å². The Hall–Kier alpha value is -2.40. The summed E-state index contributed by atoms with van der Waals surface area (Å²) in [6.45, 7) is 2.49. The topological polar surface area (TPSA) is 49.4 Å². The third-order valence-corrected chi connectivity index (χ3v) is 5.49. The van der Waals surface area contributed by atoms with Crippen molar-refractivity contribution in [3.8, 4) is 0 Å². The van der Waals surface area contributed by atoms with Crippen LogP contribution in [0, 0.1) is 17.7 Å². The predicted molar refractivity (Wildman–Crippen MR) is 104 cm³/mol. The Morgan fingerprint density at radius 1 is 1.26 bits per heavy atom. The maximum atomic E-state index is 14.5. The molecule has 0 aromatic heterocycles. The average Bonchev–Trinajstić information content (AvgIpc) is 3.37. The minimum Gasteiger partial charge on any atom is -0.326 e. The van der Waals surface area contributed by atoms with Crippen LogP contribution >= 0.6 is 11.6 Å². The Morgan fingerprint density at radius 3 is 2.78 bits per heavy atom. The van der Waals surface area contributed by atoms with Crippen molar-refractivity contribution in [2.24, 2.45) is 11.8 Å². The fraction of sp³-hybridized carbons (Fsp3) is 0.333. The lowest BCUT2D eigenvalue weighted by molar-refractivity contribution is -0.117. The van der Waals surface area contributed by atoms with Gasteiger partial charge >= 0.3 is 0 Å². The molecule has 2 aromatic rings. The molecule has 0 spiro atoms. The van der Waals surface area contributed by atoms with E-state index in [1.54, 1.807) is 30.3 Å². The van der Waals surface area contributed by atoms with E-state index < -0.39 is 5.82 Å². The number of carbonyl (C=O) groups is 2. The van der Waals surface area contributed by atoms with E-state index in [1.807, 2.05) is 6.92 Å². The van der Waals surface area contributed by atoms with E-state index in [0.29, 0.717) is 40.8 Å². The van der Waals surface area contributed by atoms with Gasteiger partial charge in [-0.25, -0.2) is 4.39 Å². The van der Waals surface area contributed by atoms with Crippen molar-refractivity contribution in [3.63, 3.8) is 0 Å². The fourth-order valence-corrected chi connectivity index (χ4v) is 3.89. The first kappa shape index (κ1) is 18.0. The summed E-state index contributed by atoms with van der Waals surface area (Å²) in [6.07, 6.45) is 2.33. The van der Waals surface area contributed by atoms with Gasteiger partial charge in [0.15, 0.2) is 0 Å². The Morgan fingerprint density at radius 2 is 2.04 bits per heavy atom. The molecule has 1 saturated carbocycles. The zero-order chi connectivity index (χ0) is 19.1. The van der Waals surface area contributed by atoms with Gasteiger partial charge in [0, 0.05) is 28.7 Å². The molecule has 27 heavy (non-hydrogen) atoms. The highest BCUT2D eigenvalue weighted by Crippen LogP contribution is 2.38. The summed E-state index contributed by atoms with van der Waals surface area (Å²) in [5.74, 6) is -0.325. The largest absolute Gasteiger partial charge is 0.326 e. The number of rotatable bonds is 3. The van der Waals surface area contributed by atoms with Crippen molar-refractivity contribution in [1.29, 1.82) is 0 Å². The van der Waals surface area contributed by atoms with Gasteiger partial charge in [0.1, 0.15) is 5.82 Å². The second-order valence-electron chi connectivity index (χ2n) is 7.35. The van der Waals surface area contributed by atoms with Gasteiger partial charge in [-0.05, 0) is 61.1 Å². The number of anilines is 2. The highest BCUT2D eigenvalue weighted by atomic mass is 35.5. The van der Waals surface area contributed by atoms with Crippen molar-refractivity contribution in [2.45, 2.75) is 26.2 Å². The van der Waals surface area contributed by atoms with E-state index in [-0.39, 0.29) is 17.7 Å². The number of nitrogens with one attached hydrogen (secondary N) is 1. The van der Waals surface area contributed by atoms with E-state index in [4.69, 9.17) is 11.6 Å². The van der Waals surface area contributed by atoms with Gasteiger partial charge in [-0.15, -0.1) is 0 Å². The minimum absolute atomic E-state index is 0.0175. The van der Waals surface area contributed by atoms with E-state index in [0.717, 1.165) is 18.4 Å². The number of halogens is 2. The van der Waals surface area contributed by atoms with E-state index in [2.05, 4.69) is 5.32 Å². The molecule has 2 aromatic carbocycles. The fourth-order valence-electron chi connectivity index (χ4n) is 3.66. The SMILES string of the molecule is CC1CC1C(=O)Nc1cccc(C(=O)N2CCCc3cc(Cl)cc(F)c32)c1. The lowest BCUT2D eigenvalue weighted by Gasteiger charge is -2.30. The van der Waals surface area contributed by atoms with Crippen LogP contribution in [0.15, 0.2) is 36.4 Å². The summed E-state index contributed by atoms with van der Waals surface area (Å²) >= 11 is 5.95. The van der Waals surface area contributed by atoms with Gasteiger partial charge in [0.2, 0.25) is 5.91 Å². The summed E-state index contributed by atoms with van der Waals surface area (Å²) in [4.78, 5) is 26.7. The smallest absolute Gasteiger partial charge is 0.258 e. The number of nitrogens with zero attached hydrogens (tertiary/aromatic N) is 1. The molecule has 1 N–H and O–H groups in total. The minimum atomic E-state index is -0.488. The molecular weight excluding hydrogens is 367 g/mol. The molecule has 4 rings (SSSR count). The molecule has 2 aliphatic rings. The van der Waals surface area contributed by atoms with Crippen LogP contribution in [0.25, 0.3) is 0 Å². The molecule has 2 amide bonds. The Kier molecular flexibility index (Phi) is 4.64. The number of amides is 2. The van der Waals surface area contributed by atoms with Crippen LogP contribution in [0.4, 0.5) is 15.8 Å². The third kappa shape index (κ3) is 3.56. The van der Waals surface area contributed by atoms with Crippen molar-refractivity contribution in [1.82, 2.24) is 0 Å². The molecule has 0 radical (unpaired) electrons. The lowest BCUT2D eigenvalue weighted by atomic mass is 10.00. The average molecular weight is 387 g/mol. The van der Waals surface area contributed by atoms with E-state index in [1.165, 1.54) is 11.0 Å². The standard InChI is InChI=1S/C21H20ClFN2O2/c1-12-8-17(12)20(26)24-16-6-2-4-14(10-16)21(27)25-7-3-5-13-9-15(22)11-18(23)19(13)25/h2,4,6,9-12,17H,3,5,7-8H2,1H3,(H,24,26). The van der Waals surface area contributed by atoms with Gasteiger partial charge < -0.3 is 10.2 Å². The zero-order valence-corrected chi connectivity index (χ0v) is 15.7. The molecule has 0 saturated heterocycles. The summed E-state index contributed by atoms with van der Waals surface area (Å²) < 4.78 is 14.5.